The lowest BCUT2D eigenvalue weighted by atomic mass is 10.2. The number of carbonyl (C=O) groups excluding carboxylic acids is 2. The Kier molecular flexibility index (Phi) is 5.98. The van der Waals surface area contributed by atoms with Crippen LogP contribution in [0.2, 0.25) is 0 Å². The predicted octanol–water partition coefficient (Wildman–Crippen LogP) is 0.768. The standard InChI is InChI=1S/C12H14F3N3O2/c1-16-5-4-9(19)17-6-10(20)18-8-3-2-7(13)11(14)12(8)15/h2-3,16H,4-6H2,1H3,(H,17,19)(H,18,20). The number of halogens is 3. The lowest BCUT2D eigenvalue weighted by Crippen LogP contribution is -2.34. The van der Waals surface area contributed by atoms with Gasteiger partial charge in [0.05, 0.1) is 12.2 Å². The van der Waals surface area contributed by atoms with Crippen molar-refractivity contribution >= 4 is 17.5 Å². The van der Waals surface area contributed by atoms with Crippen LogP contribution in [0.25, 0.3) is 0 Å². The van der Waals surface area contributed by atoms with Crippen LogP contribution in [0.4, 0.5) is 18.9 Å². The van der Waals surface area contributed by atoms with Crippen LogP contribution >= 0.6 is 0 Å². The van der Waals surface area contributed by atoms with Crippen molar-refractivity contribution in [1.82, 2.24) is 10.6 Å². The van der Waals surface area contributed by atoms with Gasteiger partial charge >= 0.3 is 0 Å². The van der Waals surface area contributed by atoms with Crippen molar-refractivity contribution in [3.8, 4) is 0 Å². The zero-order valence-corrected chi connectivity index (χ0v) is 10.7. The number of carbonyl (C=O) groups is 2. The highest BCUT2D eigenvalue weighted by Gasteiger charge is 2.15. The molecule has 110 valence electrons. The highest BCUT2D eigenvalue weighted by molar-refractivity contribution is 5.94. The molecule has 0 atom stereocenters. The maximum absolute atomic E-state index is 13.3. The third-order valence-corrected chi connectivity index (χ3v) is 2.36. The van der Waals surface area contributed by atoms with E-state index in [-0.39, 0.29) is 18.9 Å². The summed E-state index contributed by atoms with van der Waals surface area (Å²) in [5, 5.41) is 7.10. The zero-order valence-electron chi connectivity index (χ0n) is 10.7. The first-order valence-electron chi connectivity index (χ1n) is 5.80. The van der Waals surface area contributed by atoms with Crippen LogP contribution in [0.5, 0.6) is 0 Å². The monoisotopic (exact) mass is 289 g/mol. The zero-order chi connectivity index (χ0) is 15.1. The molecule has 0 radical (unpaired) electrons. The number of benzene rings is 1. The molecule has 0 aliphatic heterocycles. The fourth-order valence-corrected chi connectivity index (χ4v) is 1.32. The molecule has 0 unspecified atom stereocenters. The molecule has 0 saturated heterocycles. The summed E-state index contributed by atoms with van der Waals surface area (Å²) in [5.41, 5.74) is -0.488. The summed E-state index contributed by atoms with van der Waals surface area (Å²) in [6.45, 7) is 0.0617. The molecular formula is C12H14F3N3O2. The summed E-state index contributed by atoms with van der Waals surface area (Å²) in [4.78, 5) is 22.6. The Hall–Kier alpha value is -2.09. The van der Waals surface area contributed by atoms with Crippen LogP contribution in [-0.4, -0.2) is 32.0 Å². The van der Waals surface area contributed by atoms with Gasteiger partial charge in [0.15, 0.2) is 17.5 Å². The van der Waals surface area contributed by atoms with Gasteiger partial charge in [0.2, 0.25) is 11.8 Å². The second-order valence-corrected chi connectivity index (χ2v) is 3.90. The summed E-state index contributed by atoms with van der Waals surface area (Å²) in [5.74, 6) is -5.60. The van der Waals surface area contributed by atoms with Crippen LogP contribution in [0.1, 0.15) is 6.42 Å². The number of anilines is 1. The molecule has 0 aromatic heterocycles. The van der Waals surface area contributed by atoms with Gasteiger partial charge in [-0.25, -0.2) is 13.2 Å². The maximum atomic E-state index is 13.3. The third kappa shape index (κ3) is 4.54. The lowest BCUT2D eigenvalue weighted by molar-refractivity contribution is -0.124. The number of amides is 2. The van der Waals surface area contributed by atoms with Crippen molar-refractivity contribution < 1.29 is 22.8 Å². The first-order chi connectivity index (χ1) is 9.45. The average molecular weight is 289 g/mol. The molecule has 5 nitrogen and oxygen atoms in total. The van der Waals surface area contributed by atoms with Crippen LogP contribution in [0, 0.1) is 17.5 Å². The molecule has 20 heavy (non-hydrogen) atoms. The number of nitrogens with one attached hydrogen (secondary N) is 3. The number of hydrogen-bond donors (Lipinski definition) is 3. The Balaban J connectivity index is 2.51. The van der Waals surface area contributed by atoms with Crippen molar-refractivity contribution in [3.63, 3.8) is 0 Å². The molecule has 0 aliphatic rings. The maximum Gasteiger partial charge on any atom is 0.243 e. The topological polar surface area (TPSA) is 70.2 Å². The second-order valence-electron chi connectivity index (χ2n) is 3.90. The Morgan fingerprint density at radius 2 is 1.80 bits per heavy atom. The van der Waals surface area contributed by atoms with Gasteiger partial charge in [-0.05, 0) is 19.2 Å². The quantitative estimate of drug-likeness (QED) is 0.677. The van der Waals surface area contributed by atoms with Crippen molar-refractivity contribution in [3.05, 3.63) is 29.6 Å². The van der Waals surface area contributed by atoms with Gasteiger partial charge in [0.1, 0.15) is 0 Å². The van der Waals surface area contributed by atoms with Gasteiger partial charge in [0, 0.05) is 13.0 Å². The molecule has 1 aromatic carbocycles. The largest absolute Gasteiger partial charge is 0.347 e. The van der Waals surface area contributed by atoms with Crippen molar-refractivity contribution in [2.45, 2.75) is 6.42 Å². The molecule has 1 rings (SSSR count). The SMILES string of the molecule is CNCCC(=O)NCC(=O)Nc1ccc(F)c(F)c1F. The van der Waals surface area contributed by atoms with E-state index in [1.807, 2.05) is 5.32 Å². The van der Waals surface area contributed by atoms with Crippen LogP contribution in [0.15, 0.2) is 12.1 Å². The van der Waals surface area contributed by atoms with E-state index in [2.05, 4.69) is 10.6 Å². The van der Waals surface area contributed by atoms with E-state index >= 15 is 0 Å². The summed E-state index contributed by atoms with van der Waals surface area (Å²) >= 11 is 0. The van der Waals surface area contributed by atoms with Gasteiger partial charge < -0.3 is 16.0 Å². The van der Waals surface area contributed by atoms with Gasteiger partial charge in [-0.1, -0.05) is 0 Å². The molecule has 1 aromatic rings. The van der Waals surface area contributed by atoms with Gasteiger partial charge in [-0.15, -0.1) is 0 Å². The fourth-order valence-electron chi connectivity index (χ4n) is 1.32. The van der Waals surface area contributed by atoms with Gasteiger partial charge in [0.25, 0.3) is 0 Å². The van der Waals surface area contributed by atoms with Crippen LogP contribution < -0.4 is 16.0 Å². The smallest absolute Gasteiger partial charge is 0.243 e. The summed E-state index contributed by atoms with van der Waals surface area (Å²) < 4.78 is 38.9. The molecule has 0 aliphatic carbocycles. The Labute approximate surface area is 113 Å². The summed E-state index contributed by atoms with van der Waals surface area (Å²) in [6, 6.07) is 1.59. The highest BCUT2D eigenvalue weighted by atomic mass is 19.2. The first-order valence-corrected chi connectivity index (χ1v) is 5.80. The van der Waals surface area contributed by atoms with Crippen LogP contribution in [0.3, 0.4) is 0 Å². The van der Waals surface area contributed by atoms with E-state index in [9.17, 15) is 22.8 Å². The number of hydrogen-bond acceptors (Lipinski definition) is 3. The van der Waals surface area contributed by atoms with Crippen molar-refractivity contribution in [2.75, 3.05) is 25.5 Å². The first kappa shape index (κ1) is 16.0. The third-order valence-electron chi connectivity index (χ3n) is 2.36. The molecule has 0 spiro atoms. The molecule has 0 fully saturated rings. The van der Waals surface area contributed by atoms with E-state index in [0.29, 0.717) is 12.6 Å². The predicted molar refractivity (Wildman–Crippen MR) is 66.5 cm³/mol. The van der Waals surface area contributed by atoms with E-state index in [1.165, 1.54) is 0 Å². The Morgan fingerprint density at radius 1 is 1.10 bits per heavy atom. The average Bonchev–Trinajstić information content (AvgIpc) is 2.43. The van der Waals surface area contributed by atoms with Crippen molar-refractivity contribution in [2.24, 2.45) is 0 Å². The van der Waals surface area contributed by atoms with Crippen LogP contribution in [-0.2, 0) is 9.59 Å². The molecule has 0 heterocycles. The molecular weight excluding hydrogens is 275 g/mol. The van der Waals surface area contributed by atoms with Gasteiger partial charge in [-0.3, -0.25) is 9.59 Å². The minimum absolute atomic E-state index is 0.184. The Morgan fingerprint density at radius 3 is 2.45 bits per heavy atom. The Bertz CT molecular complexity index is 509. The lowest BCUT2D eigenvalue weighted by Gasteiger charge is -2.08. The summed E-state index contributed by atoms with van der Waals surface area (Å²) in [6.07, 6.45) is 0.184. The summed E-state index contributed by atoms with van der Waals surface area (Å²) in [7, 11) is 1.67. The van der Waals surface area contributed by atoms with E-state index < -0.39 is 29.0 Å². The molecule has 3 N–H and O–H groups in total. The van der Waals surface area contributed by atoms with E-state index in [4.69, 9.17) is 0 Å². The highest BCUT2D eigenvalue weighted by Crippen LogP contribution is 2.19. The molecule has 0 bridgehead atoms. The second kappa shape index (κ2) is 7.49. The number of rotatable bonds is 6. The molecule has 2 amide bonds. The van der Waals surface area contributed by atoms with E-state index in [1.54, 1.807) is 7.05 Å². The van der Waals surface area contributed by atoms with Crippen molar-refractivity contribution in [1.29, 1.82) is 0 Å². The minimum atomic E-state index is -1.67. The van der Waals surface area contributed by atoms with E-state index in [0.717, 1.165) is 6.07 Å². The van der Waals surface area contributed by atoms with Gasteiger partial charge in [-0.2, -0.15) is 0 Å². The normalized spacial score (nSPS) is 10.2. The minimum Gasteiger partial charge on any atom is -0.347 e. The molecule has 0 saturated carbocycles. The fraction of sp³-hybridized carbons (Fsp3) is 0.333. The molecule has 8 heteroatoms.